The van der Waals surface area contributed by atoms with Crippen molar-refractivity contribution in [3.8, 4) is 0 Å². The van der Waals surface area contributed by atoms with Crippen molar-refractivity contribution in [3.63, 3.8) is 0 Å². The average Bonchev–Trinajstić information content (AvgIpc) is 3.18. The van der Waals surface area contributed by atoms with Gasteiger partial charge in [0.1, 0.15) is 5.54 Å². The van der Waals surface area contributed by atoms with Gasteiger partial charge in [0.15, 0.2) is 0 Å². The molecule has 8 heteroatoms. The first-order valence-electron chi connectivity index (χ1n) is 8.91. The number of nitrogens with zero attached hydrogens (tertiary/aromatic N) is 2. The van der Waals surface area contributed by atoms with Crippen LogP contribution in [0.3, 0.4) is 0 Å². The molecule has 7 nitrogen and oxygen atoms in total. The van der Waals surface area contributed by atoms with Crippen LogP contribution in [-0.2, 0) is 26.3 Å². The molecule has 1 aliphatic heterocycles. The fraction of sp³-hybridized carbons (Fsp3) is 0.421. The first-order valence-corrected chi connectivity index (χ1v) is 8.91. The molecule has 0 aliphatic carbocycles. The highest BCUT2D eigenvalue weighted by Gasteiger charge is 2.42. The molecule has 1 fully saturated rings. The lowest BCUT2D eigenvalue weighted by Crippen LogP contribution is -2.52. The molecule has 2 heterocycles. The van der Waals surface area contributed by atoms with Gasteiger partial charge in [-0.25, -0.2) is 0 Å². The normalized spacial score (nSPS) is 15.4. The number of rotatable bonds is 6. The number of nitrogens with one attached hydrogen (secondary N) is 2. The summed E-state index contributed by atoms with van der Waals surface area (Å²) >= 11 is 0. The van der Waals surface area contributed by atoms with E-state index in [1.165, 1.54) is 0 Å². The zero-order valence-electron chi connectivity index (χ0n) is 15.3. The Morgan fingerprint density at radius 3 is 2.74 bits per heavy atom. The molecule has 0 atom stereocenters. The van der Waals surface area contributed by atoms with Gasteiger partial charge in [-0.15, -0.1) is 12.4 Å². The smallest absolute Gasteiger partial charge is 0.310 e. The molecule has 3 rings (SSSR count). The molecule has 1 aromatic heterocycles. The number of benzene rings is 1. The standard InChI is InChI=1S/C19H24N4O3.ClH/c1-2-26-17(24)14-15-5-3-6-16(13-15)22-18(25)19(7-10-20-11-8-19)23-12-4-9-21-23;/h3-6,9,12-13,20H,2,7-8,10-11,14H2,1H3,(H,22,25);1H. The van der Waals surface area contributed by atoms with Crippen LogP contribution in [0.25, 0.3) is 0 Å². The predicted molar refractivity (Wildman–Crippen MR) is 105 cm³/mol. The highest BCUT2D eigenvalue weighted by atomic mass is 35.5. The van der Waals surface area contributed by atoms with Crippen LogP contribution in [0.1, 0.15) is 25.3 Å². The van der Waals surface area contributed by atoms with Gasteiger partial charge in [-0.2, -0.15) is 5.10 Å². The average molecular weight is 393 g/mol. The van der Waals surface area contributed by atoms with E-state index in [1.807, 2.05) is 36.5 Å². The molecule has 1 aromatic carbocycles. The summed E-state index contributed by atoms with van der Waals surface area (Å²) in [5.74, 6) is -0.363. The Bertz CT molecular complexity index is 758. The van der Waals surface area contributed by atoms with Crippen molar-refractivity contribution in [3.05, 3.63) is 48.3 Å². The minimum Gasteiger partial charge on any atom is -0.466 e. The summed E-state index contributed by atoms with van der Waals surface area (Å²) in [6, 6.07) is 9.14. The number of carbonyl (C=O) groups is 2. The number of hydrogen-bond acceptors (Lipinski definition) is 5. The SMILES string of the molecule is CCOC(=O)Cc1cccc(NC(=O)C2(n3cccn3)CCNCC2)c1.Cl. The summed E-state index contributed by atoms with van der Waals surface area (Å²) in [5.41, 5.74) is 0.771. The molecule has 0 bridgehead atoms. The van der Waals surface area contributed by atoms with E-state index in [1.54, 1.807) is 17.8 Å². The maximum Gasteiger partial charge on any atom is 0.310 e. The van der Waals surface area contributed by atoms with Gasteiger partial charge >= 0.3 is 5.97 Å². The summed E-state index contributed by atoms with van der Waals surface area (Å²) in [7, 11) is 0. The lowest BCUT2D eigenvalue weighted by Gasteiger charge is -2.36. The molecule has 0 radical (unpaired) electrons. The number of aromatic nitrogens is 2. The Morgan fingerprint density at radius 1 is 1.30 bits per heavy atom. The Morgan fingerprint density at radius 2 is 2.07 bits per heavy atom. The molecule has 27 heavy (non-hydrogen) atoms. The summed E-state index contributed by atoms with van der Waals surface area (Å²) in [4.78, 5) is 24.8. The van der Waals surface area contributed by atoms with Crippen LogP contribution in [0.4, 0.5) is 5.69 Å². The second kappa shape index (κ2) is 9.53. The topological polar surface area (TPSA) is 85.2 Å². The van der Waals surface area contributed by atoms with Crippen molar-refractivity contribution in [2.24, 2.45) is 0 Å². The number of esters is 1. The first kappa shape index (κ1) is 20.9. The van der Waals surface area contributed by atoms with Crippen molar-refractivity contribution >= 4 is 30.0 Å². The quantitative estimate of drug-likeness (QED) is 0.735. The second-order valence-corrected chi connectivity index (χ2v) is 6.37. The van der Waals surface area contributed by atoms with Crippen LogP contribution in [0.5, 0.6) is 0 Å². The number of hydrogen-bond donors (Lipinski definition) is 2. The summed E-state index contributed by atoms with van der Waals surface area (Å²) in [6.07, 6.45) is 5.05. The molecule has 0 unspecified atom stereocenters. The Labute approximate surface area is 164 Å². The van der Waals surface area contributed by atoms with Gasteiger partial charge < -0.3 is 15.4 Å². The van der Waals surface area contributed by atoms with E-state index in [-0.39, 0.29) is 30.7 Å². The lowest BCUT2D eigenvalue weighted by atomic mass is 9.87. The molecular weight excluding hydrogens is 368 g/mol. The van der Waals surface area contributed by atoms with E-state index in [9.17, 15) is 9.59 Å². The summed E-state index contributed by atoms with van der Waals surface area (Å²) in [5, 5.41) is 10.6. The van der Waals surface area contributed by atoms with Crippen LogP contribution in [-0.4, -0.2) is 41.4 Å². The second-order valence-electron chi connectivity index (χ2n) is 6.37. The molecule has 146 valence electrons. The summed E-state index contributed by atoms with van der Waals surface area (Å²) in [6.45, 7) is 3.66. The van der Waals surface area contributed by atoms with E-state index in [0.29, 0.717) is 25.1 Å². The van der Waals surface area contributed by atoms with E-state index in [2.05, 4.69) is 15.7 Å². The molecule has 1 saturated heterocycles. The molecule has 1 aliphatic rings. The van der Waals surface area contributed by atoms with Gasteiger partial charge in [0.2, 0.25) is 0 Å². The third-order valence-electron chi connectivity index (χ3n) is 4.63. The highest BCUT2D eigenvalue weighted by molar-refractivity contribution is 5.97. The minimum atomic E-state index is -0.702. The van der Waals surface area contributed by atoms with Gasteiger partial charge in [0.05, 0.1) is 13.0 Å². The van der Waals surface area contributed by atoms with E-state index in [4.69, 9.17) is 4.74 Å². The van der Waals surface area contributed by atoms with Gasteiger partial charge in [-0.3, -0.25) is 14.3 Å². The van der Waals surface area contributed by atoms with Crippen molar-refractivity contribution in [1.29, 1.82) is 0 Å². The van der Waals surface area contributed by atoms with E-state index in [0.717, 1.165) is 18.7 Å². The lowest BCUT2D eigenvalue weighted by molar-refractivity contribution is -0.142. The Balaban J connectivity index is 0.00000261. The van der Waals surface area contributed by atoms with Gasteiger partial charge in [0, 0.05) is 18.1 Å². The van der Waals surface area contributed by atoms with Crippen LogP contribution < -0.4 is 10.6 Å². The maximum absolute atomic E-state index is 13.1. The van der Waals surface area contributed by atoms with Crippen molar-refractivity contribution in [1.82, 2.24) is 15.1 Å². The van der Waals surface area contributed by atoms with Gasteiger partial charge in [0.25, 0.3) is 5.91 Å². The molecule has 1 amide bonds. The molecule has 0 spiro atoms. The fourth-order valence-corrected chi connectivity index (χ4v) is 3.31. The van der Waals surface area contributed by atoms with Crippen molar-refractivity contribution in [2.45, 2.75) is 31.7 Å². The Hall–Kier alpha value is -2.38. The molecular formula is C19H25ClN4O3. The van der Waals surface area contributed by atoms with Crippen LogP contribution in [0, 0.1) is 0 Å². The number of carbonyl (C=O) groups excluding carboxylic acids is 2. The summed E-state index contributed by atoms with van der Waals surface area (Å²) < 4.78 is 6.74. The largest absolute Gasteiger partial charge is 0.466 e. The maximum atomic E-state index is 13.1. The number of halogens is 1. The predicted octanol–water partition coefficient (Wildman–Crippen LogP) is 2.13. The van der Waals surface area contributed by atoms with Crippen LogP contribution in [0.2, 0.25) is 0 Å². The third-order valence-corrected chi connectivity index (χ3v) is 4.63. The Kier molecular flexibility index (Phi) is 7.38. The van der Waals surface area contributed by atoms with E-state index < -0.39 is 5.54 Å². The molecule has 2 aromatic rings. The zero-order valence-corrected chi connectivity index (χ0v) is 16.1. The molecule has 0 saturated carbocycles. The van der Waals surface area contributed by atoms with Crippen LogP contribution in [0.15, 0.2) is 42.7 Å². The fourth-order valence-electron chi connectivity index (χ4n) is 3.31. The molecule has 2 N–H and O–H groups in total. The highest BCUT2D eigenvalue weighted by Crippen LogP contribution is 2.29. The monoisotopic (exact) mass is 392 g/mol. The van der Waals surface area contributed by atoms with Crippen molar-refractivity contribution < 1.29 is 14.3 Å². The van der Waals surface area contributed by atoms with Gasteiger partial charge in [-0.05, 0) is 56.6 Å². The number of amides is 1. The van der Waals surface area contributed by atoms with Crippen LogP contribution >= 0.6 is 12.4 Å². The van der Waals surface area contributed by atoms with Gasteiger partial charge in [-0.1, -0.05) is 12.1 Å². The van der Waals surface area contributed by atoms with E-state index >= 15 is 0 Å². The number of piperidine rings is 1. The minimum absolute atomic E-state index is 0. The van der Waals surface area contributed by atoms with Crippen molar-refractivity contribution in [2.75, 3.05) is 25.0 Å². The first-order chi connectivity index (χ1) is 12.6. The zero-order chi connectivity index (χ0) is 18.4. The third kappa shape index (κ3) is 4.87. The number of ether oxygens (including phenoxy) is 1. The number of anilines is 1.